The molecule has 0 aliphatic carbocycles. The number of carbonyl (C=O) groups excluding carboxylic acids is 2. The lowest BCUT2D eigenvalue weighted by atomic mass is 10.1. The third-order valence-electron chi connectivity index (χ3n) is 3.89. The molecule has 0 unspecified atom stereocenters. The molecule has 1 amide bonds. The second kappa shape index (κ2) is 8.40. The highest BCUT2D eigenvalue weighted by Crippen LogP contribution is 2.15. The van der Waals surface area contributed by atoms with Crippen LogP contribution in [-0.4, -0.2) is 16.6 Å². The van der Waals surface area contributed by atoms with Crippen molar-refractivity contribution >= 4 is 23.0 Å². The first-order valence-corrected chi connectivity index (χ1v) is 9.02. The number of ketones is 1. The standard InChI is InChI=1S/C21H19NO2S/c23-19(20-12-7-13-25-20)14-21(24)22(15-17-8-3-1-4-9-17)16-18-10-5-2-6-11-18/h1-13H,14-16H2. The van der Waals surface area contributed by atoms with Crippen LogP contribution >= 0.6 is 11.3 Å². The molecule has 0 N–H and O–H groups in total. The number of hydrogen-bond donors (Lipinski definition) is 0. The highest BCUT2D eigenvalue weighted by Gasteiger charge is 2.19. The fourth-order valence-electron chi connectivity index (χ4n) is 2.61. The highest BCUT2D eigenvalue weighted by atomic mass is 32.1. The summed E-state index contributed by atoms with van der Waals surface area (Å²) in [5, 5.41) is 1.85. The third kappa shape index (κ3) is 4.88. The van der Waals surface area contributed by atoms with Gasteiger partial charge in [-0.25, -0.2) is 0 Å². The molecule has 0 saturated heterocycles. The number of nitrogens with zero attached hydrogens (tertiary/aromatic N) is 1. The summed E-state index contributed by atoms with van der Waals surface area (Å²) in [7, 11) is 0. The van der Waals surface area contributed by atoms with Crippen LogP contribution in [0.2, 0.25) is 0 Å². The van der Waals surface area contributed by atoms with Crippen LogP contribution in [-0.2, 0) is 17.9 Å². The largest absolute Gasteiger partial charge is 0.334 e. The average Bonchev–Trinajstić information content (AvgIpc) is 3.18. The van der Waals surface area contributed by atoms with Crippen LogP contribution in [0.15, 0.2) is 78.2 Å². The molecule has 1 heterocycles. The van der Waals surface area contributed by atoms with Crippen molar-refractivity contribution in [2.75, 3.05) is 0 Å². The molecule has 1 aromatic heterocycles. The summed E-state index contributed by atoms with van der Waals surface area (Å²) in [5.74, 6) is -0.266. The maximum atomic E-state index is 12.8. The molecule has 3 aromatic rings. The molecule has 3 rings (SSSR count). The van der Waals surface area contributed by atoms with E-state index in [-0.39, 0.29) is 18.1 Å². The van der Waals surface area contributed by atoms with E-state index in [2.05, 4.69) is 0 Å². The van der Waals surface area contributed by atoms with E-state index in [1.807, 2.05) is 72.1 Å². The quantitative estimate of drug-likeness (QED) is 0.463. The van der Waals surface area contributed by atoms with Crippen LogP contribution in [0.25, 0.3) is 0 Å². The fourth-order valence-corrected chi connectivity index (χ4v) is 3.28. The molecule has 0 spiro atoms. The number of hydrogen-bond acceptors (Lipinski definition) is 3. The second-order valence-corrected chi connectivity index (χ2v) is 6.75. The Kier molecular flexibility index (Phi) is 5.75. The van der Waals surface area contributed by atoms with Gasteiger partial charge in [0.1, 0.15) is 0 Å². The third-order valence-corrected chi connectivity index (χ3v) is 4.80. The molecule has 2 aromatic carbocycles. The van der Waals surface area contributed by atoms with Gasteiger partial charge in [-0.15, -0.1) is 11.3 Å². The lowest BCUT2D eigenvalue weighted by Crippen LogP contribution is -2.31. The predicted molar refractivity (Wildman–Crippen MR) is 100 cm³/mol. The van der Waals surface area contributed by atoms with Crippen molar-refractivity contribution in [2.24, 2.45) is 0 Å². The number of Topliss-reactive ketones (excluding diaryl/α,β-unsaturated/α-hetero) is 1. The van der Waals surface area contributed by atoms with Gasteiger partial charge in [0.2, 0.25) is 5.91 Å². The Balaban J connectivity index is 1.74. The Morgan fingerprint density at radius 3 is 1.80 bits per heavy atom. The molecule has 0 saturated carbocycles. The van der Waals surface area contributed by atoms with Crippen molar-refractivity contribution in [3.8, 4) is 0 Å². The molecule has 126 valence electrons. The van der Waals surface area contributed by atoms with Crippen molar-refractivity contribution in [1.29, 1.82) is 0 Å². The number of rotatable bonds is 7. The predicted octanol–water partition coefficient (Wildman–Crippen LogP) is 4.55. The molecule has 0 radical (unpaired) electrons. The Morgan fingerprint density at radius 1 is 0.760 bits per heavy atom. The minimum atomic E-state index is -0.147. The lowest BCUT2D eigenvalue weighted by Gasteiger charge is -2.23. The van der Waals surface area contributed by atoms with E-state index < -0.39 is 0 Å². The number of carbonyl (C=O) groups is 2. The SMILES string of the molecule is O=C(CC(=O)N(Cc1ccccc1)Cc1ccccc1)c1cccs1. The lowest BCUT2D eigenvalue weighted by molar-refractivity contribution is -0.131. The van der Waals surface area contributed by atoms with E-state index in [9.17, 15) is 9.59 Å². The molecule has 0 aliphatic heterocycles. The zero-order valence-corrected chi connectivity index (χ0v) is 14.6. The minimum Gasteiger partial charge on any atom is -0.334 e. The van der Waals surface area contributed by atoms with E-state index in [0.29, 0.717) is 18.0 Å². The normalized spacial score (nSPS) is 10.4. The first-order valence-electron chi connectivity index (χ1n) is 8.15. The first-order chi connectivity index (χ1) is 12.2. The first kappa shape index (κ1) is 17.1. The van der Waals surface area contributed by atoms with Crippen molar-refractivity contribution in [2.45, 2.75) is 19.5 Å². The van der Waals surface area contributed by atoms with E-state index in [0.717, 1.165) is 11.1 Å². The zero-order chi connectivity index (χ0) is 17.5. The van der Waals surface area contributed by atoms with Gasteiger partial charge in [0.25, 0.3) is 0 Å². The Morgan fingerprint density at radius 2 is 1.32 bits per heavy atom. The minimum absolute atomic E-state index is 0.0970. The topological polar surface area (TPSA) is 37.4 Å². The Bertz CT molecular complexity index is 772. The van der Waals surface area contributed by atoms with Crippen LogP contribution in [0.4, 0.5) is 0 Å². The van der Waals surface area contributed by atoms with E-state index in [1.54, 1.807) is 11.0 Å². The maximum absolute atomic E-state index is 12.8. The molecule has 0 fully saturated rings. The van der Waals surface area contributed by atoms with Gasteiger partial charge in [-0.2, -0.15) is 0 Å². The summed E-state index contributed by atoms with van der Waals surface area (Å²) in [6.07, 6.45) is -0.0970. The summed E-state index contributed by atoms with van der Waals surface area (Å²) in [4.78, 5) is 27.4. The van der Waals surface area contributed by atoms with Gasteiger partial charge in [0.15, 0.2) is 5.78 Å². The summed E-state index contributed by atoms with van der Waals surface area (Å²) in [5.41, 5.74) is 2.10. The Labute approximate surface area is 151 Å². The fraction of sp³-hybridized carbons (Fsp3) is 0.143. The van der Waals surface area contributed by atoms with Crippen molar-refractivity contribution in [3.63, 3.8) is 0 Å². The highest BCUT2D eigenvalue weighted by molar-refractivity contribution is 7.12. The zero-order valence-electron chi connectivity index (χ0n) is 13.8. The number of benzene rings is 2. The van der Waals surface area contributed by atoms with Crippen molar-refractivity contribution in [1.82, 2.24) is 4.90 Å². The second-order valence-electron chi connectivity index (χ2n) is 5.80. The van der Waals surface area contributed by atoms with E-state index >= 15 is 0 Å². The van der Waals surface area contributed by atoms with Gasteiger partial charge < -0.3 is 4.90 Å². The molecule has 3 nitrogen and oxygen atoms in total. The molecule has 0 atom stereocenters. The van der Waals surface area contributed by atoms with Crippen LogP contribution < -0.4 is 0 Å². The van der Waals surface area contributed by atoms with Gasteiger partial charge in [0.05, 0.1) is 11.3 Å². The molecular formula is C21H19NO2S. The summed E-state index contributed by atoms with van der Waals surface area (Å²) >= 11 is 1.37. The molecule has 4 heteroatoms. The van der Waals surface area contributed by atoms with Crippen LogP contribution in [0.3, 0.4) is 0 Å². The van der Waals surface area contributed by atoms with Gasteiger partial charge in [0, 0.05) is 13.1 Å². The molecular weight excluding hydrogens is 330 g/mol. The van der Waals surface area contributed by atoms with Crippen LogP contribution in [0, 0.1) is 0 Å². The molecule has 0 bridgehead atoms. The smallest absolute Gasteiger partial charge is 0.231 e. The van der Waals surface area contributed by atoms with Gasteiger partial charge in [-0.3, -0.25) is 9.59 Å². The van der Waals surface area contributed by atoms with Crippen molar-refractivity contribution in [3.05, 3.63) is 94.2 Å². The van der Waals surface area contributed by atoms with Crippen molar-refractivity contribution < 1.29 is 9.59 Å². The number of amides is 1. The number of thiophene rings is 1. The van der Waals surface area contributed by atoms with Gasteiger partial charge >= 0.3 is 0 Å². The summed E-state index contributed by atoms with van der Waals surface area (Å²) < 4.78 is 0. The maximum Gasteiger partial charge on any atom is 0.231 e. The van der Waals surface area contributed by atoms with Gasteiger partial charge in [-0.05, 0) is 22.6 Å². The van der Waals surface area contributed by atoms with Gasteiger partial charge in [-0.1, -0.05) is 66.7 Å². The molecule has 0 aliphatic rings. The average molecular weight is 349 g/mol. The van der Waals surface area contributed by atoms with Crippen LogP contribution in [0.5, 0.6) is 0 Å². The van der Waals surface area contributed by atoms with Crippen LogP contribution in [0.1, 0.15) is 27.2 Å². The Hall–Kier alpha value is -2.72. The summed E-state index contributed by atoms with van der Waals surface area (Å²) in [6, 6.07) is 23.3. The summed E-state index contributed by atoms with van der Waals surface area (Å²) in [6.45, 7) is 0.985. The molecule has 25 heavy (non-hydrogen) atoms. The monoisotopic (exact) mass is 349 g/mol. The van der Waals surface area contributed by atoms with E-state index in [4.69, 9.17) is 0 Å². The van der Waals surface area contributed by atoms with E-state index in [1.165, 1.54) is 11.3 Å².